The van der Waals surface area contributed by atoms with E-state index in [4.69, 9.17) is 5.11 Å². The van der Waals surface area contributed by atoms with Crippen molar-refractivity contribution in [1.82, 2.24) is 9.55 Å². The van der Waals surface area contributed by atoms with Gasteiger partial charge in [-0.05, 0) is 43.4 Å². The van der Waals surface area contributed by atoms with Crippen LogP contribution in [-0.2, 0) is 6.54 Å². The Hall–Kier alpha value is -1.88. The van der Waals surface area contributed by atoms with Crippen LogP contribution in [0.5, 0.6) is 0 Å². The van der Waals surface area contributed by atoms with Crippen molar-refractivity contribution >= 4 is 17.0 Å². The van der Waals surface area contributed by atoms with Crippen LogP contribution in [0.4, 0.5) is 0 Å². The molecule has 5 heteroatoms. The van der Waals surface area contributed by atoms with E-state index in [0.717, 1.165) is 36.8 Å². The first kappa shape index (κ1) is 12.2. The van der Waals surface area contributed by atoms with Gasteiger partial charge in [0, 0.05) is 6.54 Å². The molecule has 1 saturated carbocycles. The van der Waals surface area contributed by atoms with Crippen LogP contribution < -0.4 is 0 Å². The number of carbonyl (C=O) groups is 1. The van der Waals surface area contributed by atoms with Crippen LogP contribution in [0.25, 0.3) is 11.0 Å². The molecule has 2 unspecified atom stereocenters. The van der Waals surface area contributed by atoms with Crippen molar-refractivity contribution in [3.63, 3.8) is 0 Å². The van der Waals surface area contributed by atoms with Crippen molar-refractivity contribution in [3.05, 3.63) is 30.1 Å². The summed E-state index contributed by atoms with van der Waals surface area (Å²) in [5, 5.41) is 18.6. The fraction of sp³-hybridized carbons (Fsp3) is 0.429. The van der Waals surface area contributed by atoms with Crippen molar-refractivity contribution in [1.29, 1.82) is 0 Å². The molecule has 2 N–H and O–H groups in total. The maximum absolute atomic E-state index is 11.0. The van der Waals surface area contributed by atoms with Gasteiger partial charge < -0.3 is 14.8 Å². The van der Waals surface area contributed by atoms with Crippen LogP contribution >= 0.6 is 0 Å². The first-order chi connectivity index (χ1) is 9.13. The second-order valence-corrected chi connectivity index (χ2v) is 5.24. The number of fused-ring (bicyclic) bond motifs is 1. The fourth-order valence-electron chi connectivity index (χ4n) is 2.83. The van der Waals surface area contributed by atoms with Crippen LogP contribution in [0.15, 0.2) is 24.5 Å². The van der Waals surface area contributed by atoms with Crippen LogP contribution in [0.2, 0.25) is 0 Å². The molecule has 0 amide bonds. The molecule has 1 aromatic heterocycles. The summed E-state index contributed by atoms with van der Waals surface area (Å²) >= 11 is 0. The summed E-state index contributed by atoms with van der Waals surface area (Å²) in [4.78, 5) is 15.3. The van der Waals surface area contributed by atoms with Gasteiger partial charge in [-0.1, -0.05) is 0 Å². The van der Waals surface area contributed by atoms with Gasteiger partial charge in [0.1, 0.15) is 0 Å². The highest BCUT2D eigenvalue weighted by molar-refractivity contribution is 5.92. The Bertz CT molecular complexity index is 620. The topological polar surface area (TPSA) is 75.3 Å². The maximum atomic E-state index is 11.0. The standard InChI is InChI=1S/C14H16N2O3/c17-11-3-1-9(5-11)7-16-8-15-12-4-2-10(14(18)19)6-13(12)16/h2,4,6,8-9,11,17H,1,3,5,7H2,(H,18,19). The van der Waals surface area contributed by atoms with Crippen molar-refractivity contribution in [2.75, 3.05) is 0 Å². The quantitative estimate of drug-likeness (QED) is 0.883. The highest BCUT2D eigenvalue weighted by Gasteiger charge is 2.23. The third-order valence-corrected chi connectivity index (χ3v) is 3.84. The number of imidazole rings is 1. The number of aliphatic hydroxyl groups excluding tert-OH is 1. The molecular formula is C14H16N2O3. The van der Waals surface area contributed by atoms with Crippen molar-refractivity contribution in [2.45, 2.75) is 31.9 Å². The van der Waals surface area contributed by atoms with E-state index in [1.54, 1.807) is 24.5 Å². The molecule has 100 valence electrons. The fourth-order valence-corrected chi connectivity index (χ4v) is 2.83. The molecule has 5 nitrogen and oxygen atoms in total. The lowest BCUT2D eigenvalue weighted by Crippen LogP contribution is -2.08. The van der Waals surface area contributed by atoms with E-state index >= 15 is 0 Å². The van der Waals surface area contributed by atoms with Gasteiger partial charge in [-0.2, -0.15) is 0 Å². The zero-order chi connectivity index (χ0) is 13.4. The molecule has 1 heterocycles. The number of carboxylic acids is 1. The van der Waals surface area contributed by atoms with Crippen molar-refractivity contribution in [3.8, 4) is 0 Å². The summed E-state index contributed by atoms with van der Waals surface area (Å²) in [6, 6.07) is 4.97. The molecule has 19 heavy (non-hydrogen) atoms. The third kappa shape index (κ3) is 2.33. The number of carboxylic acid groups (broad SMARTS) is 1. The van der Waals surface area contributed by atoms with Gasteiger partial charge in [0.15, 0.2) is 0 Å². The van der Waals surface area contributed by atoms with Gasteiger partial charge in [-0.25, -0.2) is 9.78 Å². The number of aromatic nitrogens is 2. The lowest BCUT2D eigenvalue weighted by molar-refractivity contribution is 0.0697. The van der Waals surface area contributed by atoms with Gasteiger partial charge in [-0.15, -0.1) is 0 Å². The number of hydrogen-bond donors (Lipinski definition) is 2. The minimum absolute atomic E-state index is 0.186. The molecule has 2 aromatic rings. The Morgan fingerprint density at radius 2 is 2.26 bits per heavy atom. The number of nitrogens with zero attached hydrogens (tertiary/aromatic N) is 2. The lowest BCUT2D eigenvalue weighted by Gasteiger charge is -2.11. The first-order valence-corrected chi connectivity index (χ1v) is 6.50. The summed E-state index contributed by atoms with van der Waals surface area (Å²) in [7, 11) is 0. The molecule has 0 spiro atoms. The molecule has 0 radical (unpaired) electrons. The van der Waals surface area contributed by atoms with Gasteiger partial charge in [0.25, 0.3) is 0 Å². The Morgan fingerprint density at radius 3 is 2.95 bits per heavy atom. The zero-order valence-corrected chi connectivity index (χ0v) is 10.5. The average molecular weight is 260 g/mol. The molecule has 0 bridgehead atoms. The highest BCUT2D eigenvalue weighted by atomic mass is 16.4. The summed E-state index contributed by atoms with van der Waals surface area (Å²) in [6.45, 7) is 0.788. The molecule has 0 saturated heterocycles. The van der Waals surface area contributed by atoms with Crippen LogP contribution in [-0.4, -0.2) is 31.8 Å². The minimum Gasteiger partial charge on any atom is -0.478 e. The SMILES string of the molecule is O=C(O)c1ccc2ncn(CC3CCC(O)C3)c2c1. The summed E-state index contributed by atoms with van der Waals surface area (Å²) in [6.07, 6.45) is 4.26. The van der Waals surface area contributed by atoms with E-state index in [-0.39, 0.29) is 11.7 Å². The average Bonchev–Trinajstić information content (AvgIpc) is 2.96. The molecule has 2 atom stereocenters. The second-order valence-electron chi connectivity index (χ2n) is 5.24. The van der Waals surface area contributed by atoms with Gasteiger partial charge >= 0.3 is 5.97 Å². The number of aliphatic hydroxyl groups is 1. The summed E-state index contributed by atoms with van der Waals surface area (Å²) in [5.74, 6) is -0.480. The molecule has 3 rings (SSSR count). The van der Waals surface area contributed by atoms with E-state index in [9.17, 15) is 9.90 Å². The number of benzene rings is 1. The first-order valence-electron chi connectivity index (χ1n) is 6.50. The molecule has 0 aliphatic heterocycles. The van der Waals surface area contributed by atoms with Crippen LogP contribution in [0.1, 0.15) is 29.6 Å². The van der Waals surface area contributed by atoms with E-state index in [0.29, 0.717) is 5.92 Å². The minimum atomic E-state index is -0.925. The van der Waals surface area contributed by atoms with E-state index in [2.05, 4.69) is 4.98 Å². The predicted molar refractivity (Wildman–Crippen MR) is 70.0 cm³/mol. The molecule has 1 fully saturated rings. The van der Waals surface area contributed by atoms with Gasteiger partial charge in [-0.3, -0.25) is 0 Å². The smallest absolute Gasteiger partial charge is 0.335 e. The van der Waals surface area contributed by atoms with Crippen molar-refractivity contribution < 1.29 is 15.0 Å². The lowest BCUT2D eigenvalue weighted by atomic mass is 10.1. The van der Waals surface area contributed by atoms with Crippen molar-refractivity contribution in [2.24, 2.45) is 5.92 Å². The van der Waals surface area contributed by atoms with E-state index < -0.39 is 5.97 Å². The Balaban J connectivity index is 1.90. The number of rotatable bonds is 3. The Labute approximate surface area is 110 Å². The Morgan fingerprint density at radius 1 is 1.42 bits per heavy atom. The monoisotopic (exact) mass is 260 g/mol. The van der Waals surface area contributed by atoms with Crippen LogP contribution in [0.3, 0.4) is 0 Å². The molecular weight excluding hydrogens is 244 g/mol. The summed E-state index contributed by atoms with van der Waals surface area (Å²) in [5.41, 5.74) is 1.94. The van der Waals surface area contributed by atoms with E-state index in [1.165, 1.54) is 0 Å². The second kappa shape index (κ2) is 4.66. The third-order valence-electron chi connectivity index (χ3n) is 3.84. The van der Waals surface area contributed by atoms with E-state index in [1.807, 2.05) is 4.57 Å². The number of hydrogen-bond acceptors (Lipinski definition) is 3. The number of aromatic carboxylic acids is 1. The predicted octanol–water partition coefficient (Wildman–Crippen LogP) is 1.90. The zero-order valence-electron chi connectivity index (χ0n) is 10.5. The largest absolute Gasteiger partial charge is 0.478 e. The molecule has 1 aliphatic rings. The Kier molecular flexibility index (Phi) is 2.98. The van der Waals surface area contributed by atoms with Gasteiger partial charge in [0.05, 0.1) is 29.0 Å². The van der Waals surface area contributed by atoms with Crippen LogP contribution in [0, 0.1) is 5.92 Å². The normalized spacial score (nSPS) is 23.0. The maximum Gasteiger partial charge on any atom is 0.335 e. The molecule has 1 aromatic carbocycles. The summed E-state index contributed by atoms with van der Waals surface area (Å²) < 4.78 is 1.99. The van der Waals surface area contributed by atoms with Gasteiger partial charge in [0.2, 0.25) is 0 Å². The molecule has 1 aliphatic carbocycles. The highest BCUT2D eigenvalue weighted by Crippen LogP contribution is 2.28.